The van der Waals surface area contributed by atoms with Gasteiger partial charge in [-0.3, -0.25) is 0 Å². The Hall–Kier alpha value is -0.930. The van der Waals surface area contributed by atoms with Gasteiger partial charge in [0.2, 0.25) is 0 Å². The summed E-state index contributed by atoms with van der Waals surface area (Å²) in [6.07, 6.45) is 1.18. The van der Waals surface area contributed by atoms with Crippen molar-refractivity contribution < 1.29 is 4.39 Å². The molecule has 1 atom stereocenters. The highest BCUT2D eigenvalue weighted by atomic mass is 19.1. The number of nitrogens with zero attached hydrogens (tertiary/aromatic N) is 1. The summed E-state index contributed by atoms with van der Waals surface area (Å²) in [4.78, 5) is 2.26. The van der Waals surface area contributed by atoms with Gasteiger partial charge in [-0.1, -0.05) is 26.3 Å². The van der Waals surface area contributed by atoms with Crippen LogP contribution < -0.4 is 5.73 Å². The van der Waals surface area contributed by atoms with Crippen LogP contribution in [0.5, 0.6) is 0 Å². The molecule has 0 aliphatic carbocycles. The van der Waals surface area contributed by atoms with E-state index in [1.54, 1.807) is 0 Å². The van der Waals surface area contributed by atoms with Gasteiger partial charge in [-0.25, -0.2) is 4.39 Å². The van der Waals surface area contributed by atoms with Crippen LogP contribution in [0.3, 0.4) is 0 Å². The Morgan fingerprint density at radius 2 is 2.06 bits per heavy atom. The molecule has 0 spiro atoms. The minimum absolute atomic E-state index is 0.209. The number of rotatable bonds is 6. The second-order valence-corrected chi connectivity index (χ2v) is 4.83. The van der Waals surface area contributed by atoms with Crippen LogP contribution in [0.2, 0.25) is 0 Å². The van der Waals surface area contributed by atoms with Crippen molar-refractivity contribution in [2.24, 2.45) is 11.7 Å². The fraction of sp³-hybridized carbons (Fsp3) is 0.571. The SMILES string of the molecule is CCC(C)CN(C)Cc1ccc(F)cc1CN. The number of nitrogens with two attached hydrogens (primary N) is 1. The van der Waals surface area contributed by atoms with Crippen LogP contribution in [0.25, 0.3) is 0 Å². The Morgan fingerprint density at radius 3 is 2.65 bits per heavy atom. The number of halogens is 1. The summed E-state index contributed by atoms with van der Waals surface area (Å²) >= 11 is 0. The molecule has 1 aromatic rings. The summed E-state index contributed by atoms with van der Waals surface area (Å²) in [6.45, 7) is 6.71. The van der Waals surface area contributed by atoms with E-state index in [9.17, 15) is 4.39 Å². The largest absolute Gasteiger partial charge is 0.326 e. The molecule has 0 saturated heterocycles. The van der Waals surface area contributed by atoms with Crippen molar-refractivity contribution in [1.82, 2.24) is 4.90 Å². The molecule has 1 unspecified atom stereocenters. The molecule has 0 heterocycles. The van der Waals surface area contributed by atoms with Crippen molar-refractivity contribution in [2.45, 2.75) is 33.4 Å². The number of hydrogen-bond donors (Lipinski definition) is 1. The van der Waals surface area contributed by atoms with E-state index >= 15 is 0 Å². The predicted octanol–water partition coefficient (Wildman–Crippen LogP) is 2.76. The first-order valence-corrected chi connectivity index (χ1v) is 6.22. The second kappa shape index (κ2) is 6.72. The lowest BCUT2D eigenvalue weighted by Gasteiger charge is -2.21. The van der Waals surface area contributed by atoms with Gasteiger partial charge in [0.25, 0.3) is 0 Å². The zero-order chi connectivity index (χ0) is 12.8. The highest BCUT2D eigenvalue weighted by Crippen LogP contribution is 2.14. The van der Waals surface area contributed by atoms with Crippen LogP contribution in [0, 0.1) is 11.7 Å². The minimum atomic E-state index is -0.209. The maximum Gasteiger partial charge on any atom is 0.123 e. The van der Waals surface area contributed by atoms with Crippen molar-refractivity contribution >= 4 is 0 Å². The van der Waals surface area contributed by atoms with Crippen molar-refractivity contribution in [3.05, 3.63) is 35.1 Å². The molecule has 0 fully saturated rings. The molecule has 0 radical (unpaired) electrons. The van der Waals surface area contributed by atoms with Gasteiger partial charge < -0.3 is 10.6 Å². The highest BCUT2D eigenvalue weighted by molar-refractivity contribution is 5.27. The van der Waals surface area contributed by atoms with Gasteiger partial charge >= 0.3 is 0 Å². The minimum Gasteiger partial charge on any atom is -0.326 e. The molecule has 1 rings (SSSR count). The maximum absolute atomic E-state index is 13.1. The Morgan fingerprint density at radius 1 is 1.35 bits per heavy atom. The third-order valence-electron chi connectivity index (χ3n) is 3.15. The van der Waals surface area contributed by atoms with Crippen LogP contribution in [0.15, 0.2) is 18.2 Å². The van der Waals surface area contributed by atoms with Crippen LogP contribution >= 0.6 is 0 Å². The molecule has 17 heavy (non-hydrogen) atoms. The van der Waals surface area contributed by atoms with Gasteiger partial charge in [-0.05, 0) is 36.2 Å². The first-order chi connectivity index (χ1) is 8.06. The van der Waals surface area contributed by atoms with Crippen LogP contribution in [0.1, 0.15) is 31.4 Å². The summed E-state index contributed by atoms with van der Waals surface area (Å²) in [5, 5.41) is 0. The Balaban J connectivity index is 2.67. The zero-order valence-corrected chi connectivity index (χ0v) is 11.0. The quantitative estimate of drug-likeness (QED) is 0.825. The lowest BCUT2D eigenvalue weighted by Crippen LogP contribution is -2.24. The van der Waals surface area contributed by atoms with Gasteiger partial charge in [0.15, 0.2) is 0 Å². The van der Waals surface area contributed by atoms with Crippen molar-refractivity contribution in [3.63, 3.8) is 0 Å². The fourth-order valence-corrected chi connectivity index (χ4v) is 1.96. The summed E-state index contributed by atoms with van der Waals surface area (Å²) in [7, 11) is 2.09. The van der Waals surface area contributed by atoms with E-state index in [1.807, 2.05) is 6.07 Å². The third kappa shape index (κ3) is 4.44. The zero-order valence-electron chi connectivity index (χ0n) is 11.0. The van der Waals surface area contributed by atoms with Gasteiger partial charge in [-0.2, -0.15) is 0 Å². The van der Waals surface area contributed by atoms with E-state index in [-0.39, 0.29) is 5.82 Å². The summed E-state index contributed by atoms with van der Waals surface area (Å²) < 4.78 is 13.1. The van der Waals surface area contributed by atoms with Gasteiger partial charge in [-0.15, -0.1) is 0 Å². The lowest BCUT2D eigenvalue weighted by molar-refractivity contribution is 0.274. The molecule has 0 amide bonds. The molecule has 0 aliphatic heterocycles. The lowest BCUT2D eigenvalue weighted by atomic mass is 10.1. The van der Waals surface area contributed by atoms with E-state index < -0.39 is 0 Å². The molecule has 0 bridgehead atoms. The predicted molar refractivity (Wildman–Crippen MR) is 70.1 cm³/mol. The molecule has 0 aromatic heterocycles. The number of hydrogen-bond acceptors (Lipinski definition) is 2. The van der Waals surface area contributed by atoms with E-state index in [2.05, 4.69) is 25.8 Å². The molecule has 2 nitrogen and oxygen atoms in total. The van der Waals surface area contributed by atoms with Gasteiger partial charge in [0.05, 0.1) is 0 Å². The molecule has 96 valence electrons. The average Bonchev–Trinajstić information content (AvgIpc) is 2.31. The first kappa shape index (κ1) is 14.1. The number of benzene rings is 1. The smallest absolute Gasteiger partial charge is 0.123 e. The summed E-state index contributed by atoms with van der Waals surface area (Å²) in [5.74, 6) is 0.473. The summed E-state index contributed by atoms with van der Waals surface area (Å²) in [5.41, 5.74) is 7.67. The molecule has 0 saturated carbocycles. The molecule has 2 N–H and O–H groups in total. The Labute approximate surface area is 104 Å². The highest BCUT2D eigenvalue weighted by Gasteiger charge is 2.08. The van der Waals surface area contributed by atoms with E-state index in [0.717, 1.165) is 24.2 Å². The van der Waals surface area contributed by atoms with Crippen LogP contribution in [-0.4, -0.2) is 18.5 Å². The van der Waals surface area contributed by atoms with E-state index in [1.165, 1.54) is 18.6 Å². The molecule has 0 aliphatic rings. The normalized spacial score (nSPS) is 13.1. The van der Waals surface area contributed by atoms with Crippen molar-refractivity contribution in [1.29, 1.82) is 0 Å². The average molecular weight is 238 g/mol. The first-order valence-electron chi connectivity index (χ1n) is 6.22. The fourth-order valence-electron chi connectivity index (χ4n) is 1.96. The topological polar surface area (TPSA) is 29.3 Å². The molecule has 1 aromatic carbocycles. The van der Waals surface area contributed by atoms with E-state index in [0.29, 0.717) is 12.5 Å². The molecule has 3 heteroatoms. The second-order valence-electron chi connectivity index (χ2n) is 4.83. The Kier molecular flexibility index (Phi) is 5.59. The Bertz CT molecular complexity index is 352. The molecular formula is C14H23FN2. The monoisotopic (exact) mass is 238 g/mol. The summed E-state index contributed by atoms with van der Waals surface area (Å²) in [6, 6.07) is 4.88. The van der Waals surface area contributed by atoms with E-state index in [4.69, 9.17) is 5.73 Å². The molecular weight excluding hydrogens is 215 g/mol. The van der Waals surface area contributed by atoms with Gasteiger partial charge in [0.1, 0.15) is 5.82 Å². The third-order valence-corrected chi connectivity index (χ3v) is 3.15. The van der Waals surface area contributed by atoms with Crippen molar-refractivity contribution in [2.75, 3.05) is 13.6 Å². The van der Waals surface area contributed by atoms with Crippen LogP contribution in [0.4, 0.5) is 4.39 Å². The van der Waals surface area contributed by atoms with Crippen molar-refractivity contribution in [3.8, 4) is 0 Å². The standard InChI is InChI=1S/C14H23FN2/c1-4-11(2)9-17(3)10-12-5-6-14(15)7-13(12)8-16/h5-7,11H,4,8-10,16H2,1-3H3. The van der Waals surface area contributed by atoms with Crippen LogP contribution in [-0.2, 0) is 13.1 Å². The van der Waals surface area contributed by atoms with Gasteiger partial charge in [0, 0.05) is 19.6 Å². The maximum atomic E-state index is 13.1.